The summed E-state index contributed by atoms with van der Waals surface area (Å²) in [4.78, 5) is 11.6. The van der Waals surface area contributed by atoms with E-state index in [-0.39, 0.29) is 12.2 Å². The highest BCUT2D eigenvalue weighted by atomic mass is 32.2. The maximum Gasteiger partial charge on any atom is 0.336 e. The number of benzene rings is 1. The molecule has 0 spiro atoms. The van der Waals surface area contributed by atoms with Gasteiger partial charge in [0.15, 0.2) is 6.61 Å². The Labute approximate surface area is 149 Å². The molecule has 25 heavy (non-hydrogen) atoms. The van der Waals surface area contributed by atoms with Crippen LogP contribution in [0.2, 0.25) is 0 Å². The minimum atomic E-state index is -0.368. The summed E-state index contributed by atoms with van der Waals surface area (Å²) in [5.74, 6) is 1.97. The van der Waals surface area contributed by atoms with E-state index in [1.807, 2.05) is 19.9 Å². The van der Waals surface area contributed by atoms with Crippen LogP contribution in [0.1, 0.15) is 36.8 Å². The zero-order valence-electron chi connectivity index (χ0n) is 14.5. The fraction of sp³-hybridized carbons (Fsp3) is 0.389. The van der Waals surface area contributed by atoms with E-state index >= 15 is 0 Å². The van der Waals surface area contributed by atoms with Crippen LogP contribution in [0, 0.1) is 13.8 Å². The van der Waals surface area contributed by atoms with Crippen LogP contribution in [-0.4, -0.2) is 16.0 Å². The van der Waals surface area contributed by atoms with E-state index in [4.69, 9.17) is 13.6 Å². The summed E-state index contributed by atoms with van der Waals surface area (Å²) in [5.41, 5.74) is 2.02. The van der Waals surface area contributed by atoms with Gasteiger partial charge in [0.1, 0.15) is 11.3 Å². The Morgan fingerprint density at radius 1 is 1.12 bits per heavy atom. The molecule has 1 aromatic carbocycles. The van der Waals surface area contributed by atoms with Crippen LogP contribution < -0.4 is 10.4 Å². The summed E-state index contributed by atoms with van der Waals surface area (Å²) in [6.07, 6.45) is 2.24. The predicted molar refractivity (Wildman–Crippen MR) is 96.2 cm³/mol. The van der Waals surface area contributed by atoms with Gasteiger partial charge in [-0.1, -0.05) is 25.1 Å². The van der Waals surface area contributed by atoms with E-state index < -0.39 is 0 Å². The van der Waals surface area contributed by atoms with Gasteiger partial charge >= 0.3 is 5.63 Å². The number of aryl methyl sites for hydroxylation is 2. The van der Waals surface area contributed by atoms with E-state index in [2.05, 4.69) is 17.1 Å². The van der Waals surface area contributed by atoms with Gasteiger partial charge in [0.2, 0.25) is 0 Å². The molecule has 6 nitrogen and oxygen atoms in total. The predicted octanol–water partition coefficient (Wildman–Crippen LogP) is 4.26. The third-order valence-corrected chi connectivity index (χ3v) is 4.65. The standard InChI is InChI=1S/C18H20N2O4S/c1-4-5-6-25-18-20-19-15(24-18)10-22-13-7-11(2)17-12(3)8-16(21)23-14(17)9-13/h7-9H,4-6,10H2,1-3H3. The third-order valence-electron chi connectivity index (χ3n) is 3.75. The van der Waals surface area contributed by atoms with Gasteiger partial charge in [0, 0.05) is 23.3 Å². The molecule has 0 aliphatic heterocycles. The van der Waals surface area contributed by atoms with Crippen molar-refractivity contribution < 1.29 is 13.6 Å². The molecule has 0 aliphatic rings. The van der Waals surface area contributed by atoms with E-state index in [0.717, 1.165) is 35.1 Å². The lowest BCUT2D eigenvalue weighted by Crippen LogP contribution is -2.00. The fourth-order valence-corrected chi connectivity index (χ4v) is 3.44. The van der Waals surface area contributed by atoms with Crippen molar-refractivity contribution in [3.8, 4) is 5.75 Å². The second-order valence-electron chi connectivity index (χ2n) is 5.81. The topological polar surface area (TPSA) is 78.4 Å². The Hall–Kier alpha value is -2.28. The molecule has 2 aromatic heterocycles. The lowest BCUT2D eigenvalue weighted by atomic mass is 10.1. The summed E-state index contributed by atoms with van der Waals surface area (Å²) in [7, 11) is 0. The number of ether oxygens (including phenoxy) is 1. The minimum Gasteiger partial charge on any atom is -0.484 e. The van der Waals surface area contributed by atoms with Crippen LogP contribution in [0.15, 0.2) is 37.1 Å². The molecule has 0 bridgehead atoms. The molecule has 2 heterocycles. The molecule has 0 N–H and O–H groups in total. The quantitative estimate of drug-likeness (QED) is 0.354. The Morgan fingerprint density at radius 2 is 1.92 bits per heavy atom. The normalized spacial score (nSPS) is 11.2. The molecule has 3 aromatic rings. The Balaban J connectivity index is 1.72. The number of unbranched alkanes of at least 4 members (excludes halogenated alkanes) is 1. The van der Waals surface area contributed by atoms with Crippen LogP contribution in [0.5, 0.6) is 5.75 Å². The van der Waals surface area contributed by atoms with E-state index in [1.165, 1.54) is 6.07 Å². The largest absolute Gasteiger partial charge is 0.484 e. The molecule has 132 valence electrons. The molecule has 0 aliphatic carbocycles. The lowest BCUT2D eigenvalue weighted by Gasteiger charge is -2.08. The number of fused-ring (bicyclic) bond motifs is 1. The number of thioether (sulfide) groups is 1. The number of hydrogen-bond donors (Lipinski definition) is 0. The SMILES string of the molecule is CCCCSc1nnc(COc2cc(C)c3c(C)cc(=O)oc3c2)o1. The van der Waals surface area contributed by atoms with Crippen molar-refractivity contribution in [2.75, 3.05) is 5.75 Å². The highest BCUT2D eigenvalue weighted by Gasteiger charge is 2.10. The van der Waals surface area contributed by atoms with Gasteiger partial charge in [0.25, 0.3) is 11.1 Å². The average Bonchev–Trinajstić information content (AvgIpc) is 3.00. The first kappa shape index (κ1) is 17.5. The van der Waals surface area contributed by atoms with Gasteiger partial charge in [-0.05, 0) is 37.5 Å². The highest BCUT2D eigenvalue weighted by molar-refractivity contribution is 7.99. The summed E-state index contributed by atoms with van der Waals surface area (Å²) >= 11 is 1.55. The minimum absolute atomic E-state index is 0.169. The molecular weight excluding hydrogens is 340 g/mol. The summed E-state index contributed by atoms with van der Waals surface area (Å²) in [5, 5.41) is 9.47. The first-order valence-corrected chi connectivity index (χ1v) is 9.18. The third kappa shape index (κ3) is 4.22. The second kappa shape index (κ2) is 7.74. The van der Waals surface area contributed by atoms with Gasteiger partial charge in [-0.2, -0.15) is 0 Å². The maximum absolute atomic E-state index is 11.6. The molecule has 0 saturated heterocycles. The van der Waals surface area contributed by atoms with Crippen LogP contribution in [0.3, 0.4) is 0 Å². The summed E-state index contributed by atoms with van der Waals surface area (Å²) in [6, 6.07) is 5.11. The average molecular weight is 360 g/mol. The Morgan fingerprint density at radius 3 is 2.72 bits per heavy atom. The molecule has 7 heteroatoms. The maximum atomic E-state index is 11.6. The molecule has 0 atom stereocenters. The number of hydrogen-bond acceptors (Lipinski definition) is 7. The number of aromatic nitrogens is 2. The van der Waals surface area contributed by atoms with Gasteiger partial charge in [-0.15, -0.1) is 10.2 Å². The van der Waals surface area contributed by atoms with Crippen molar-refractivity contribution >= 4 is 22.7 Å². The summed E-state index contributed by atoms with van der Waals surface area (Å²) in [6.45, 7) is 6.16. The lowest BCUT2D eigenvalue weighted by molar-refractivity contribution is 0.252. The molecule has 0 unspecified atom stereocenters. The van der Waals surface area contributed by atoms with Crippen LogP contribution in [0.4, 0.5) is 0 Å². The molecule has 0 radical (unpaired) electrons. The van der Waals surface area contributed by atoms with Crippen LogP contribution in [-0.2, 0) is 6.61 Å². The van der Waals surface area contributed by atoms with E-state index in [9.17, 15) is 4.79 Å². The van der Waals surface area contributed by atoms with Gasteiger partial charge in [-0.25, -0.2) is 4.79 Å². The van der Waals surface area contributed by atoms with Crippen molar-refractivity contribution in [3.63, 3.8) is 0 Å². The molecule has 0 fully saturated rings. The van der Waals surface area contributed by atoms with Crippen molar-refractivity contribution in [2.24, 2.45) is 0 Å². The first-order valence-electron chi connectivity index (χ1n) is 8.20. The van der Waals surface area contributed by atoms with E-state index in [0.29, 0.717) is 22.4 Å². The zero-order chi connectivity index (χ0) is 17.8. The first-order chi connectivity index (χ1) is 12.1. The van der Waals surface area contributed by atoms with Crippen LogP contribution >= 0.6 is 11.8 Å². The molecule has 0 saturated carbocycles. The fourth-order valence-electron chi connectivity index (χ4n) is 2.58. The number of rotatable bonds is 7. The van der Waals surface area contributed by atoms with Gasteiger partial charge in [-0.3, -0.25) is 0 Å². The van der Waals surface area contributed by atoms with E-state index in [1.54, 1.807) is 17.8 Å². The zero-order valence-corrected chi connectivity index (χ0v) is 15.3. The second-order valence-corrected chi connectivity index (χ2v) is 6.86. The summed E-state index contributed by atoms with van der Waals surface area (Å²) < 4.78 is 16.6. The molecular formula is C18H20N2O4S. The van der Waals surface area contributed by atoms with Crippen molar-refractivity contribution in [2.45, 2.75) is 45.4 Å². The van der Waals surface area contributed by atoms with Crippen molar-refractivity contribution in [1.29, 1.82) is 0 Å². The molecule has 0 amide bonds. The highest BCUT2D eigenvalue weighted by Crippen LogP contribution is 2.27. The van der Waals surface area contributed by atoms with Crippen LogP contribution in [0.25, 0.3) is 11.0 Å². The number of nitrogens with zero attached hydrogens (tertiary/aromatic N) is 2. The van der Waals surface area contributed by atoms with Crippen molar-refractivity contribution in [1.82, 2.24) is 10.2 Å². The van der Waals surface area contributed by atoms with Crippen molar-refractivity contribution in [3.05, 3.63) is 45.6 Å². The Kier molecular flexibility index (Phi) is 5.43. The Bertz CT molecular complexity index is 932. The van der Waals surface area contributed by atoms with Gasteiger partial charge in [0.05, 0.1) is 0 Å². The van der Waals surface area contributed by atoms with Gasteiger partial charge < -0.3 is 13.6 Å². The molecule has 3 rings (SSSR count). The monoisotopic (exact) mass is 360 g/mol. The smallest absolute Gasteiger partial charge is 0.336 e.